The van der Waals surface area contributed by atoms with Crippen molar-refractivity contribution in [1.82, 2.24) is 0 Å². The summed E-state index contributed by atoms with van der Waals surface area (Å²) in [5.74, 6) is 0.896. The van der Waals surface area contributed by atoms with Gasteiger partial charge in [-0.2, -0.15) is 0 Å². The fraction of sp³-hybridized carbons (Fsp3) is 0.917. The minimum absolute atomic E-state index is 0.198. The number of rotatable bonds is 9. The van der Waals surface area contributed by atoms with Crippen LogP contribution in [0.2, 0.25) is 0 Å². The standard InChI is InChI=1S/C12H25NOS/c1-4-6-7-11(5-2)9-14-8-10(3)12(13)15/h10-11H,4-9H2,1-3H3,(H2,13,15). The Hall–Kier alpha value is -0.150. The SMILES string of the molecule is CCCCC(CC)COCC(C)C(N)=S. The fourth-order valence-corrected chi connectivity index (χ4v) is 1.46. The first-order valence-corrected chi connectivity index (χ1v) is 6.39. The summed E-state index contributed by atoms with van der Waals surface area (Å²) >= 11 is 4.89. The molecule has 0 rings (SSSR count). The first-order chi connectivity index (χ1) is 7.11. The molecule has 0 heterocycles. The highest BCUT2D eigenvalue weighted by Gasteiger charge is 2.09. The summed E-state index contributed by atoms with van der Waals surface area (Å²) in [6.07, 6.45) is 5.03. The molecular formula is C12H25NOS. The molecule has 0 saturated heterocycles. The number of nitrogens with two attached hydrogens (primary N) is 1. The zero-order chi connectivity index (χ0) is 11.7. The maximum Gasteiger partial charge on any atom is 0.0779 e. The van der Waals surface area contributed by atoms with Crippen LogP contribution in [0.3, 0.4) is 0 Å². The van der Waals surface area contributed by atoms with Gasteiger partial charge in [-0.3, -0.25) is 0 Å². The van der Waals surface area contributed by atoms with Gasteiger partial charge in [-0.1, -0.05) is 52.3 Å². The number of hydrogen-bond donors (Lipinski definition) is 1. The third-order valence-corrected chi connectivity index (χ3v) is 3.15. The van der Waals surface area contributed by atoms with Crippen molar-refractivity contribution < 1.29 is 4.74 Å². The Morgan fingerprint density at radius 3 is 2.47 bits per heavy atom. The summed E-state index contributed by atoms with van der Waals surface area (Å²) in [5.41, 5.74) is 5.52. The van der Waals surface area contributed by atoms with E-state index in [-0.39, 0.29) is 5.92 Å². The quantitative estimate of drug-likeness (QED) is 0.619. The molecule has 3 heteroatoms. The van der Waals surface area contributed by atoms with Crippen molar-refractivity contribution in [2.75, 3.05) is 13.2 Å². The first-order valence-electron chi connectivity index (χ1n) is 5.98. The molecule has 0 amide bonds. The second kappa shape index (κ2) is 9.10. The van der Waals surface area contributed by atoms with Gasteiger partial charge >= 0.3 is 0 Å². The Balaban J connectivity index is 3.57. The zero-order valence-electron chi connectivity index (χ0n) is 10.3. The van der Waals surface area contributed by atoms with Crippen molar-refractivity contribution in [1.29, 1.82) is 0 Å². The van der Waals surface area contributed by atoms with Gasteiger partial charge in [-0.15, -0.1) is 0 Å². The highest BCUT2D eigenvalue weighted by Crippen LogP contribution is 2.13. The van der Waals surface area contributed by atoms with Crippen LogP contribution in [-0.2, 0) is 4.74 Å². The third-order valence-electron chi connectivity index (χ3n) is 2.75. The Morgan fingerprint density at radius 2 is 2.00 bits per heavy atom. The molecule has 90 valence electrons. The lowest BCUT2D eigenvalue weighted by atomic mass is 10.0. The van der Waals surface area contributed by atoms with Crippen LogP contribution in [0.25, 0.3) is 0 Å². The van der Waals surface area contributed by atoms with E-state index in [1.165, 1.54) is 25.7 Å². The van der Waals surface area contributed by atoms with Crippen LogP contribution in [0.1, 0.15) is 46.5 Å². The number of hydrogen-bond acceptors (Lipinski definition) is 2. The molecule has 15 heavy (non-hydrogen) atoms. The van der Waals surface area contributed by atoms with Crippen LogP contribution in [-0.4, -0.2) is 18.2 Å². The summed E-state index contributed by atoms with van der Waals surface area (Å²) in [6, 6.07) is 0. The van der Waals surface area contributed by atoms with E-state index in [0.717, 1.165) is 6.61 Å². The van der Waals surface area contributed by atoms with Crippen molar-refractivity contribution in [2.45, 2.75) is 46.5 Å². The molecule has 0 saturated carbocycles. The lowest BCUT2D eigenvalue weighted by Crippen LogP contribution is -2.24. The lowest BCUT2D eigenvalue weighted by molar-refractivity contribution is 0.0839. The van der Waals surface area contributed by atoms with Crippen molar-refractivity contribution in [3.63, 3.8) is 0 Å². The van der Waals surface area contributed by atoms with Gasteiger partial charge in [0.05, 0.1) is 11.6 Å². The monoisotopic (exact) mass is 231 g/mol. The molecule has 2 nitrogen and oxygen atoms in total. The van der Waals surface area contributed by atoms with Gasteiger partial charge in [0.25, 0.3) is 0 Å². The Bertz CT molecular complexity index is 173. The zero-order valence-corrected chi connectivity index (χ0v) is 11.1. The average molecular weight is 231 g/mol. The van der Waals surface area contributed by atoms with Crippen molar-refractivity contribution in [3.05, 3.63) is 0 Å². The maximum atomic E-state index is 5.64. The normalized spacial score (nSPS) is 14.9. The minimum atomic E-state index is 0.198. The number of ether oxygens (including phenoxy) is 1. The second-order valence-electron chi connectivity index (χ2n) is 4.26. The molecule has 0 aromatic rings. The largest absolute Gasteiger partial charge is 0.393 e. The molecule has 2 N–H and O–H groups in total. The summed E-state index contributed by atoms with van der Waals surface area (Å²) in [6.45, 7) is 7.97. The van der Waals surface area contributed by atoms with E-state index in [1.54, 1.807) is 0 Å². The summed E-state index contributed by atoms with van der Waals surface area (Å²) in [7, 11) is 0. The molecule has 0 aliphatic carbocycles. The van der Waals surface area contributed by atoms with Gasteiger partial charge in [0.1, 0.15) is 0 Å². The predicted octanol–water partition coefficient (Wildman–Crippen LogP) is 3.14. The minimum Gasteiger partial charge on any atom is -0.393 e. The fourth-order valence-electron chi connectivity index (χ4n) is 1.39. The van der Waals surface area contributed by atoms with E-state index >= 15 is 0 Å². The van der Waals surface area contributed by atoms with Crippen molar-refractivity contribution in [3.8, 4) is 0 Å². The van der Waals surface area contributed by atoms with Crippen LogP contribution < -0.4 is 5.73 Å². The molecule has 0 aromatic carbocycles. The number of thiocarbonyl (C=S) groups is 1. The van der Waals surface area contributed by atoms with E-state index in [4.69, 9.17) is 22.7 Å². The van der Waals surface area contributed by atoms with Crippen molar-refractivity contribution in [2.24, 2.45) is 17.6 Å². The second-order valence-corrected chi connectivity index (χ2v) is 4.73. The Kier molecular flexibility index (Phi) is 9.01. The molecule has 0 aliphatic heterocycles. The highest BCUT2D eigenvalue weighted by molar-refractivity contribution is 7.80. The molecule has 0 fully saturated rings. The van der Waals surface area contributed by atoms with Crippen LogP contribution >= 0.6 is 12.2 Å². The lowest BCUT2D eigenvalue weighted by Gasteiger charge is -2.16. The van der Waals surface area contributed by atoms with Gasteiger partial charge in [-0.25, -0.2) is 0 Å². The first kappa shape index (κ1) is 14.8. The summed E-state index contributed by atoms with van der Waals surface area (Å²) in [5, 5.41) is 0. The molecule has 0 aromatic heterocycles. The van der Waals surface area contributed by atoms with Gasteiger partial charge in [0.15, 0.2) is 0 Å². The van der Waals surface area contributed by atoms with Gasteiger partial charge < -0.3 is 10.5 Å². The summed E-state index contributed by atoms with van der Waals surface area (Å²) in [4.78, 5) is 0.552. The van der Waals surface area contributed by atoms with Crippen LogP contribution in [0.15, 0.2) is 0 Å². The van der Waals surface area contributed by atoms with Crippen LogP contribution in [0.5, 0.6) is 0 Å². The highest BCUT2D eigenvalue weighted by atomic mass is 32.1. The van der Waals surface area contributed by atoms with Crippen molar-refractivity contribution >= 4 is 17.2 Å². The molecule has 2 atom stereocenters. The summed E-state index contributed by atoms with van der Waals surface area (Å²) < 4.78 is 5.64. The van der Waals surface area contributed by atoms with E-state index in [1.807, 2.05) is 6.92 Å². The van der Waals surface area contributed by atoms with Crippen LogP contribution in [0, 0.1) is 11.8 Å². The maximum absolute atomic E-state index is 5.64. The van der Waals surface area contributed by atoms with Gasteiger partial charge in [0.2, 0.25) is 0 Å². The topological polar surface area (TPSA) is 35.2 Å². The van der Waals surface area contributed by atoms with Crippen LogP contribution in [0.4, 0.5) is 0 Å². The number of unbranched alkanes of at least 4 members (excludes halogenated alkanes) is 1. The molecule has 0 spiro atoms. The molecule has 0 aliphatic rings. The smallest absolute Gasteiger partial charge is 0.0779 e. The molecule has 0 bridgehead atoms. The average Bonchev–Trinajstić information content (AvgIpc) is 2.22. The Morgan fingerprint density at radius 1 is 1.33 bits per heavy atom. The van der Waals surface area contributed by atoms with E-state index < -0.39 is 0 Å². The molecule has 2 unspecified atom stereocenters. The van der Waals surface area contributed by atoms with E-state index in [9.17, 15) is 0 Å². The molecular weight excluding hydrogens is 206 g/mol. The molecule has 0 radical (unpaired) electrons. The third kappa shape index (κ3) is 7.74. The van der Waals surface area contributed by atoms with E-state index in [2.05, 4.69) is 13.8 Å². The van der Waals surface area contributed by atoms with Gasteiger partial charge in [0, 0.05) is 12.5 Å². The predicted molar refractivity (Wildman–Crippen MR) is 70.1 cm³/mol. The Labute approximate surface area is 99.6 Å². The van der Waals surface area contributed by atoms with Gasteiger partial charge in [-0.05, 0) is 12.3 Å². The van der Waals surface area contributed by atoms with E-state index in [0.29, 0.717) is 17.5 Å².